The first kappa shape index (κ1) is 21.9. The number of sulfonamides is 1. The van der Waals surface area contributed by atoms with E-state index >= 15 is 0 Å². The molecule has 0 radical (unpaired) electrons. The summed E-state index contributed by atoms with van der Waals surface area (Å²) in [7, 11) is -3.29. The summed E-state index contributed by atoms with van der Waals surface area (Å²) >= 11 is 0. The number of aromatic nitrogens is 3. The molecule has 2 N–H and O–H groups in total. The summed E-state index contributed by atoms with van der Waals surface area (Å²) in [6, 6.07) is 2.90. The maximum Gasteiger partial charge on any atom is 0.252 e. The van der Waals surface area contributed by atoms with Gasteiger partial charge < -0.3 is 10.4 Å². The van der Waals surface area contributed by atoms with Crippen LogP contribution in [0.5, 0.6) is 0 Å². The molecule has 1 saturated carbocycles. The molecule has 0 bridgehead atoms. The molecular formula is C21H29N5O4S. The highest BCUT2D eigenvalue weighted by atomic mass is 32.2. The Kier molecular flexibility index (Phi) is 5.89. The van der Waals surface area contributed by atoms with Gasteiger partial charge in [-0.25, -0.2) is 17.7 Å². The monoisotopic (exact) mass is 447 g/mol. The van der Waals surface area contributed by atoms with Crippen molar-refractivity contribution in [3.8, 4) is 0 Å². The maximum atomic E-state index is 12.7. The number of anilines is 1. The second-order valence-corrected chi connectivity index (χ2v) is 10.7. The van der Waals surface area contributed by atoms with Crippen LogP contribution in [0.4, 0.5) is 5.95 Å². The Morgan fingerprint density at radius 3 is 2.71 bits per heavy atom. The van der Waals surface area contributed by atoms with Crippen molar-refractivity contribution < 1.29 is 13.5 Å². The summed E-state index contributed by atoms with van der Waals surface area (Å²) in [5.74, 6) is 0.346. The fraction of sp³-hybridized carbons (Fsp3) is 0.571. The summed E-state index contributed by atoms with van der Waals surface area (Å²) in [5.41, 5.74) is -0.645. The highest BCUT2D eigenvalue weighted by Gasteiger charge is 2.39. The molecule has 0 aromatic carbocycles. The van der Waals surface area contributed by atoms with Crippen LogP contribution in [-0.4, -0.2) is 62.8 Å². The molecule has 31 heavy (non-hydrogen) atoms. The van der Waals surface area contributed by atoms with E-state index in [1.54, 1.807) is 23.8 Å². The third-order valence-corrected chi connectivity index (χ3v) is 8.17. The second-order valence-electron chi connectivity index (χ2n) is 8.66. The summed E-state index contributed by atoms with van der Waals surface area (Å²) in [4.78, 5) is 21.7. The third-order valence-electron chi connectivity index (χ3n) is 6.37. The van der Waals surface area contributed by atoms with Gasteiger partial charge in [0.25, 0.3) is 5.56 Å². The van der Waals surface area contributed by atoms with Gasteiger partial charge in [0.15, 0.2) is 0 Å². The molecule has 1 aliphatic heterocycles. The molecule has 9 nitrogen and oxygen atoms in total. The molecular weight excluding hydrogens is 418 g/mol. The van der Waals surface area contributed by atoms with Crippen molar-refractivity contribution in [1.29, 1.82) is 0 Å². The average molecular weight is 448 g/mol. The number of pyridine rings is 1. The minimum absolute atomic E-state index is 0.0334. The van der Waals surface area contributed by atoms with Crippen LogP contribution < -0.4 is 10.9 Å². The number of fused-ring (bicyclic) bond motifs is 1. The number of nitrogens with zero attached hydrogens (tertiary/aromatic N) is 4. The van der Waals surface area contributed by atoms with E-state index in [1.807, 2.05) is 0 Å². The van der Waals surface area contributed by atoms with Crippen molar-refractivity contribution in [2.24, 2.45) is 0 Å². The van der Waals surface area contributed by atoms with E-state index in [0.717, 1.165) is 18.2 Å². The first-order valence-electron chi connectivity index (χ1n) is 10.7. The molecule has 3 heterocycles. The highest BCUT2D eigenvalue weighted by Crippen LogP contribution is 2.39. The van der Waals surface area contributed by atoms with E-state index < -0.39 is 15.6 Å². The lowest BCUT2D eigenvalue weighted by molar-refractivity contribution is 0.0267. The van der Waals surface area contributed by atoms with Crippen molar-refractivity contribution in [2.75, 3.05) is 24.2 Å². The Morgan fingerprint density at radius 2 is 2.06 bits per heavy atom. The van der Waals surface area contributed by atoms with Crippen LogP contribution in [0.3, 0.4) is 0 Å². The standard InChI is InChI=1S/C21H29N5O4S/c1-3-13-31(29,30)25-11-8-16(9-12-25)23-20-22-14-15-6-7-18(27)26(19(15)24-20)17-5-4-10-21(17,2)28/h3,6-7,14,16-17,28H,1,4-5,8-13H2,2H3,(H,22,23,24)/t17-,21-/m1/s1. The highest BCUT2D eigenvalue weighted by molar-refractivity contribution is 7.89. The Balaban J connectivity index is 1.56. The van der Waals surface area contributed by atoms with Crippen LogP contribution in [0.15, 0.2) is 35.8 Å². The summed E-state index contributed by atoms with van der Waals surface area (Å²) in [6.45, 7) is 6.14. The molecule has 2 aromatic heterocycles. The van der Waals surface area contributed by atoms with Gasteiger partial charge in [0.05, 0.1) is 17.4 Å². The number of rotatable bonds is 6. The van der Waals surface area contributed by atoms with E-state index in [9.17, 15) is 18.3 Å². The van der Waals surface area contributed by atoms with Gasteiger partial charge >= 0.3 is 0 Å². The van der Waals surface area contributed by atoms with E-state index in [2.05, 4.69) is 21.9 Å². The molecule has 1 aliphatic carbocycles. The van der Waals surface area contributed by atoms with Crippen molar-refractivity contribution >= 4 is 27.0 Å². The SMILES string of the molecule is C=CCS(=O)(=O)N1CCC(Nc2ncc3ccc(=O)n([C@@H]4CCC[C@@]4(C)O)c3n2)CC1. The van der Waals surface area contributed by atoms with Crippen LogP contribution in [0.25, 0.3) is 11.0 Å². The Bertz CT molecular complexity index is 1140. The molecule has 168 valence electrons. The van der Waals surface area contributed by atoms with E-state index in [1.165, 1.54) is 16.4 Å². The van der Waals surface area contributed by atoms with Gasteiger partial charge in [-0.2, -0.15) is 4.98 Å². The lowest BCUT2D eigenvalue weighted by atomic mass is 10.00. The van der Waals surface area contributed by atoms with E-state index in [0.29, 0.717) is 43.9 Å². The van der Waals surface area contributed by atoms with Gasteiger partial charge in [-0.1, -0.05) is 6.08 Å². The quantitative estimate of drug-likeness (QED) is 0.647. The van der Waals surface area contributed by atoms with Gasteiger partial charge in [-0.05, 0) is 45.1 Å². The first-order valence-corrected chi connectivity index (χ1v) is 12.3. The summed E-state index contributed by atoms with van der Waals surface area (Å²) in [6.07, 6.45) is 6.57. The fourth-order valence-corrected chi connectivity index (χ4v) is 5.94. The van der Waals surface area contributed by atoms with Gasteiger partial charge in [0.1, 0.15) is 5.65 Å². The third kappa shape index (κ3) is 4.37. The molecule has 10 heteroatoms. The smallest absolute Gasteiger partial charge is 0.252 e. The summed E-state index contributed by atoms with van der Waals surface area (Å²) in [5, 5.41) is 14.8. The minimum Gasteiger partial charge on any atom is -0.388 e. The Morgan fingerprint density at radius 1 is 1.32 bits per heavy atom. The van der Waals surface area contributed by atoms with Crippen LogP contribution in [0.2, 0.25) is 0 Å². The predicted octanol–water partition coefficient (Wildman–Crippen LogP) is 1.66. The molecule has 2 aromatic rings. The molecule has 4 rings (SSSR count). The minimum atomic E-state index is -3.29. The zero-order valence-electron chi connectivity index (χ0n) is 17.7. The normalized spacial score (nSPS) is 25.7. The van der Waals surface area contributed by atoms with Crippen molar-refractivity contribution in [2.45, 2.75) is 56.7 Å². The number of aliphatic hydroxyl groups is 1. The molecule has 2 atom stereocenters. The molecule has 2 aliphatic rings. The molecule has 0 spiro atoms. The van der Waals surface area contributed by atoms with Gasteiger partial charge in [-0.3, -0.25) is 9.36 Å². The topological polar surface area (TPSA) is 117 Å². The Labute approximate surface area is 181 Å². The molecule has 0 unspecified atom stereocenters. The van der Waals surface area contributed by atoms with Crippen molar-refractivity contribution in [1.82, 2.24) is 18.8 Å². The largest absolute Gasteiger partial charge is 0.388 e. The number of piperidine rings is 1. The zero-order valence-corrected chi connectivity index (χ0v) is 18.5. The number of hydrogen-bond acceptors (Lipinski definition) is 7. The van der Waals surface area contributed by atoms with Gasteiger partial charge in [0, 0.05) is 36.8 Å². The lowest BCUT2D eigenvalue weighted by Gasteiger charge is -2.31. The molecule has 0 amide bonds. The average Bonchev–Trinajstić information content (AvgIpc) is 3.07. The fourth-order valence-electron chi connectivity index (χ4n) is 4.66. The second kappa shape index (κ2) is 8.33. The Hall–Kier alpha value is -2.30. The van der Waals surface area contributed by atoms with Crippen LogP contribution >= 0.6 is 0 Å². The zero-order chi connectivity index (χ0) is 22.2. The number of hydrogen-bond donors (Lipinski definition) is 2. The molecule has 2 fully saturated rings. The van der Waals surface area contributed by atoms with E-state index in [-0.39, 0.29) is 23.4 Å². The van der Waals surface area contributed by atoms with E-state index in [4.69, 9.17) is 0 Å². The van der Waals surface area contributed by atoms with Crippen LogP contribution in [0, 0.1) is 0 Å². The lowest BCUT2D eigenvalue weighted by Crippen LogP contribution is -2.43. The van der Waals surface area contributed by atoms with Crippen molar-refractivity contribution in [3.05, 3.63) is 41.3 Å². The predicted molar refractivity (Wildman–Crippen MR) is 120 cm³/mol. The number of nitrogens with one attached hydrogen (secondary N) is 1. The maximum absolute atomic E-state index is 12.7. The van der Waals surface area contributed by atoms with Gasteiger partial charge in [0.2, 0.25) is 16.0 Å². The first-order chi connectivity index (χ1) is 14.7. The van der Waals surface area contributed by atoms with Gasteiger partial charge in [-0.15, -0.1) is 6.58 Å². The van der Waals surface area contributed by atoms with Crippen molar-refractivity contribution in [3.63, 3.8) is 0 Å². The summed E-state index contributed by atoms with van der Waals surface area (Å²) < 4.78 is 27.5. The molecule has 1 saturated heterocycles. The van der Waals surface area contributed by atoms with Crippen LogP contribution in [0.1, 0.15) is 45.1 Å². The van der Waals surface area contributed by atoms with Crippen LogP contribution in [-0.2, 0) is 10.0 Å².